The van der Waals surface area contributed by atoms with E-state index in [-0.39, 0.29) is 0 Å². The minimum absolute atomic E-state index is 0.594. The average Bonchev–Trinajstić information content (AvgIpc) is 3.63. The lowest BCUT2D eigenvalue weighted by Gasteiger charge is -2.31. The number of benzene rings is 8. The third-order valence-corrected chi connectivity index (χ3v) is 11.5. The van der Waals surface area contributed by atoms with Gasteiger partial charge >= 0.3 is 0 Å². The first-order valence-corrected chi connectivity index (χ1v) is 19.4. The number of furan rings is 1. The largest absolute Gasteiger partial charge is 0.456 e. The summed E-state index contributed by atoms with van der Waals surface area (Å²) < 4.78 is 6.27. The number of hydrogen-bond acceptors (Lipinski definition) is 2. The van der Waals surface area contributed by atoms with Gasteiger partial charge in [-0.25, -0.2) is 0 Å². The van der Waals surface area contributed by atoms with Gasteiger partial charge in [-0.3, -0.25) is 0 Å². The molecule has 1 aliphatic rings. The van der Waals surface area contributed by atoms with Gasteiger partial charge in [-0.1, -0.05) is 159 Å². The van der Waals surface area contributed by atoms with Crippen LogP contribution in [0.4, 0.5) is 17.1 Å². The van der Waals surface area contributed by atoms with Crippen LogP contribution in [0.1, 0.15) is 43.6 Å². The Hall–Kier alpha value is -6.38. The molecule has 2 nitrogen and oxygen atoms in total. The highest BCUT2D eigenvalue weighted by molar-refractivity contribution is 6.06. The predicted octanol–water partition coefficient (Wildman–Crippen LogP) is 15.3. The van der Waals surface area contributed by atoms with E-state index in [2.05, 4.69) is 175 Å². The van der Waals surface area contributed by atoms with Crippen LogP contribution in [0.25, 0.3) is 66.1 Å². The van der Waals surface area contributed by atoms with Crippen molar-refractivity contribution in [3.05, 3.63) is 188 Å². The maximum absolute atomic E-state index is 6.27. The van der Waals surface area contributed by atoms with E-state index in [9.17, 15) is 0 Å². The van der Waals surface area contributed by atoms with Gasteiger partial charge < -0.3 is 9.32 Å². The summed E-state index contributed by atoms with van der Waals surface area (Å²) >= 11 is 0. The van der Waals surface area contributed by atoms with Gasteiger partial charge in [-0.15, -0.1) is 0 Å². The zero-order valence-electron chi connectivity index (χ0n) is 30.3. The van der Waals surface area contributed by atoms with E-state index in [0.29, 0.717) is 5.92 Å². The maximum Gasteiger partial charge on any atom is 0.136 e. The first kappa shape index (κ1) is 32.3. The van der Waals surface area contributed by atoms with Crippen LogP contribution in [-0.2, 0) is 0 Å². The van der Waals surface area contributed by atoms with Crippen LogP contribution in [0.3, 0.4) is 0 Å². The Bertz CT molecular complexity index is 2750. The second-order valence-electron chi connectivity index (χ2n) is 14.7. The molecule has 0 N–H and O–H groups in total. The van der Waals surface area contributed by atoms with Crippen molar-refractivity contribution in [1.82, 2.24) is 0 Å². The number of hydrogen-bond donors (Lipinski definition) is 0. The van der Waals surface area contributed by atoms with Crippen molar-refractivity contribution in [2.45, 2.75) is 38.0 Å². The van der Waals surface area contributed by atoms with Gasteiger partial charge in [0.1, 0.15) is 11.2 Å². The lowest BCUT2D eigenvalue weighted by Crippen LogP contribution is -2.12. The van der Waals surface area contributed by atoms with E-state index < -0.39 is 0 Å². The van der Waals surface area contributed by atoms with E-state index in [4.69, 9.17) is 4.42 Å². The van der Waals surface area contributed by atoms with Crippen molar-refractivity contribution >= 4 is 49.8 Å². The molecule has 0 amide bonds. The zero-order chi connectivity index (χ0) is 35.8. The smallest absolute Gasteiger partial charge is 0.136 e. The van der Waals surface area contributed by atoms with E-state index in [1.807, 2.05) is 12.1 Å². The van der Waals surface area contributed by atoms with Crippen LogP contribution in [0.15, 0.2) is 186 Å². The fraction of sp³-hybridized carbons (Fsp3) is 0.115. The second kappa shape index (κ2) is 13.9. The summed E-state index contributed by atoms with van der Waals surface area (Å²) in [7, 11) is 0. The van der Waals surface area contributed by atoms with Crippen molar-refractivity contribution in [3.8, 4) is 33.4 Å². The van der Waals surface area contributed by atoms with Gasteiger partial charge in [0.25, 0.3) is 0 Å². The summed E-state index contributed by atoms with van der Waals surface area (Å²) in [5.74, 6) is 0.594. The topological polar surface area (TPSA) is 16.4 Å². The lowest BCUT2D eigenvalue weighted by molar-refractivity contribution is 0.445. The molecule has 0 radical (unpaired) electrons. The number of para-hydroxylation sites is 3. The molecule has 0 spiro atoms. The third kappa shape index (κ3) is 5.76. The molecule has 2 heteroatoms. The third-order valence-electron chi connectivity index (χ3n) is 11.5. The van der Waals surface area contributed by atoms with Crippen LogP contribution in [0.5, 0.6) is 0 Å². The normalized spacial score (nSPS) is 13.5. The minimum Gasteiger partial charge on any atom is -0.456 e. The Morgan fingerprint density at radius 2 is 1.06 bits per heavy atom. The molecular formula is C52H41NO. The average molecular weight is 696 g/mol. The molecule has 1 heterocycles. The Morgan fingerprint density at radius 3 is 1.87 bits per heavy atom. The fourth-order valence-electron chi connectivity index (χ4n) is 8.89. The first-order chi connectivity index (χ1) is 26.8. The molecule has 54 heavy (non-hydrogen) atoms. The molecule has 0 aliphatic heterocycles. The van der Waals surface area contributed by atoms with Gasteiger partial charge in [0, 0.05) is 27.6 Å². The molecule has 0 saturated heterocycles. The summed E-state index contributed by atoms with van der Waals surface area (Å²) in [6.07, 6.45) is 6.50. The summed E-state index contributed by atoms with van der Waals surface area (Å²) in [5, 5.41) is 5.00. The fourth-order valence-corrected chi connectivity index (χ4v) is 8.89. The highest BCUT2D eigenvalue weighted by Crippen LogP contribution is 2.48. The van der Waals surface area contributed by atoms with Crippen molar-refractivity contribution < 1.29 is 4.42 Å². The van der Waals surface area contributed by atoms with Gasteiger partial charge in [0.15, 0.2) is 0 Å². The maximum atomic E-state index is 6.27. The van der Waals surface area contributed by atoms with Crippen molar-refractivity contribution in [2.24, 2.45) is 0 Å². The van der Waals surface area contributed by atoms with Crippen LogP contribution in [0.2, 0.25) is 0 Å². The van der Waals surface area contributed by atoms with Crippen molar-refractivity contribution in [1.29, 1.82) is 0 Å². The standard InChI is InChI=1S/C52H41NO/c1-3-15-37(16-4-1)42-21-7-10-26-48(42)53(41-32-29-36(30-33-41)40-31-34-46-45-23-9-12-28-50(45)54-51(46)35-40)49-27-11-8-22-44(49)47-25-14-20-39-19-13-24-43(52(39)47)38-17-5-2-6-18-38/h1,3-4,7-16,19-35,38H,2,5-6,17-18H2. The van der Waals surface area contributed by atoms with Gasteiger partial charge in [-0.2, -0.15) is 0 Å². The van der Waals surface area contributed by atoms with Crippen LogP contribution < -0.4 is 4.90 Å². The van der Waals surface area contributed by atoms with E-state index >= 15 is 0 Å². The number of nitrogens with zero attached hydrogens (tertiary/aromatic N) is 1. The van der Waals surface area contributed by atoms with Crippen LogP contribution in [0, 0.1) is 0 Å². The number of anilines is 3. The number of fused-ring (bicyclic) bond motifs is 4. The summed E-state index contributed by atoms with van der Waals surface area (Å²) in [4.78, 5) is 2.46. The van der Waals surface area contributed by atoms with E-state index in [0.717, 1.165) is 50.1 Å². The molecule has 0 bridgehead atoms. The zero-order valence-corrected chi connectivity index (χ0v) is 30.3. The quantitative estimate of drug-likeness (QED) is 0.165. The molecule has 10 rings (SSSR count). The minimum atomic E-state index is 0.594. The molecule has 8 aromatic carbocycles. The molecule has 9 aromatic rings. The monoisotopic (exact) mass is 695 g/mol. The molecule has 1 fully saturated rings. The Morgan fingerprint density at radius 1 is 0.426 bits per heavy atom. The Kier molecular flexibility index (Phi) is 8.30. The molecular weight excluding hydrogens is 655 g/mol. The van der Waals surface area contributed by atoms with Crippen molar-refractivity contribution in [3.63, 3.8) is 0 Å². The van der Waals surface area contributed by atoms with Gasteiger partial charge in [0.2, 0.25) is 0 Å². The molecule has 1 aliphatic carbocycles. The summed E-state index contributed by atoms with van der Waals surface area (Å²) in [6, 6.07) is 66.2. The SMILES string of the molecule is c1ccc(-c2ccccc2N(c2ccc(-c3ccc4c(c3)oc3ccccc34)cc2)c2ccccc2-c2cccc3cccc(C4CCCCC4)c23)cc1. The highest BCUT2D eigenvalue weighted by atomic mass is 16.3. The van der Waals surface area contributed by atoms with Crippen LogP contribution >= 0.6 is 0 Å². The van der Waals surface area contributed by atoms with E-state index in [1.165, 1.54) is 70.7 Å². The van der Waals surface area contributed by atoms with Gasteiger partial charge in [-0.05, 0) is 99.8 Å². The molecule has 0 unspecified atom stereocenters. The molecule has 1 aromatic heterocycles. The molecule has 260 valence electrons. The lowest BCUT2D eigenvalue weighted by atomic mass is 9.80. The summed E-state index contributed by atoms with van der Waals surface area (Å²) in [6.45, 7) is 0. The number of rotatable bonds is 7. The van der Waals surface area contributed by atoms with Gasteiger partial charge in [0.05, 0.1) is 11.4 Å². The van der Waals surface area contributed by atoms with Crippen molar-refractivity contribution in [2.75, 3.05) is 4.90 Å². The Labute approximate surface area is 316 Å². The second-order valence-corrected chi connectivity index (χ2v) is 14.7. The molecule has 1 saturated carbocycles. The highest BCUT2D eigenvalue weighted by Gasteiger charge is 2.24. The van der Waals surface area contributed by atoms with Crippen LogP contribution in [-0.4, -0.2) is 0 Å². The molecule has 0 atom stereocenters. The predicted molar refractivity (Wildman–Crippen MR) is 228 cm³/mol. The summed E-state index contributed by atoms with van der Waals surface area (Å²) in [5.41, 5.74) is 13.9. The first-order valence-electron chi connectivity index (χ1n) is 19.4. The van der Waals surface area contributed by atoms with E-state index in [1.54, 1.807) is 0 Å². The Balaban J connectivity index is 1.15.